The lowest BCUT2D eigenvalue weighted by atomic mass is 10.2. The zero-order valence-electron chi connectivity index (χ0n) is 7.99. The van der Waals surface area contributed by atoms with Crippen LogP contribution in [-0.4, -0.2) is 16.2 Å². The molecule has 80 valence electrons. The minimum atomic E-state index is -0.581. The molecule has 0 aliphatic rings. The van der Waals surface area contributed by atoms with Crippen molar-refractivity contribution in [2.24, 2.45) is 0 Å². The summed E-state index contributed by atoms with van der Waals surface area (Å²) in [6.07, 6.45) is 1.91. The highest BCUT2D eigenvalue weighted by molar-refractivity contribution is 5.72. The Kier molecular flexibility index (Phi) is 2.47. The predicted octanol–water partition coefficient (Wildman–Crippen LogP) is 2.06. The maximum absolute atomic E-state index is 10.4. The fourth-order valence-electron chi connectivity index (χ4n) is 1.21. The Morgan fingerprint density at radius 2 is 2.12 bits per heavy atom. The Balaban J connectivity index is 2.34. The molecule has 0 bridgehead atoms. The Morgan fingerprint density at radius 3 is 2.62 bits per heavy atom. The van der Waals surface area contributed by atoms with E-state index in [0.717, 1.165) is 0 Å². The third kappa shape index (κ3) is 1.81. The van der Waals surface area contributed by atoms with Crippen LogP contribution in [0.25, 0.3) is 11.3 Å². The van der Waals surface area contributed by atoms with E-state index in [1.54, 1.807) is 6.07 Å². The Bertz CT molecular complexity index is 530. The monoisotopic (exact) mass is 218 g/mol. The molecule has 2 aromatic heterocycles. The van der Waals surface area contributed by atoms with Gasteiger partial charge in [0.1, 0.15) is 5.76 Å². The highest BCUT2D eigenvalue weighted by Gasteiger charge is 2.10. The number of nitrogens with zero attached hydrogens (tertiary/aromatic N) is 2. The number of hydrogen-bond donors (Lipinski definition) is 0. The van der Waals surface area contributed by atoms with Crippen molar-refractivity contribution in [3.05, 3.63) is 46.3 Å². The van der Waals surface area contributed by atoms with Gasteiger partial charge in [-0.05, 0) is 28.1 Å². The van der Waals surface area contributed by atoms with E-state index in [4.69, 9.17) is 4.42 Å². The summed E-state index contributed by atoms with van der Waals surface area (Å²) in [4.78, 5) is 23.8. The number of carbonyl (C=O) groups excluding carboxylic acids is 1. The molecule has 0 saturated heterocycles. The number of nitro groups is 1. The number of pyridine rings is 1. The van der Waals surface area contributed by atoms with Crippen molar-refractivity contribution in [3.8, 4) is 11.3 Å². The van der Waals surface area contributed by atoms with Gasteiger partial charge in [-0.3, -0.25) is 4.79 Å². The largest absolute Gasteiger partial charge is 0.453 e. The molecule has 0 unspecified atom stereocenters. The zero-order valence-corrected chi connectivity index (χ0v) is 7.99. The van der Waals surface area contributed by atoms with Crippen molar-refractivity contribution >= 4 is 12.1 Å². The Hall–Kier alpha value is -2.50. The van der Waals surface area contributed by atoms with Crippen molar-refractivity contribution < 1.29 is 14.1 Å². The maximum Gasteiger partial charge on any atom is 0.363 e. The van der Waals surface area contributed by atoms with Crippen LogP contribution in [0.2, 0.25) is 0 Å². The van der Waals surface area contributed by atoms with Crippen LogP contribution in [0.1, 0.15) is 10.6 Å². The predicted molar refractivity (Wildman–Crippen MR) is 54.0 cm³/mol. The molecule has 0 aromatic carbocycles. The second kappa shape index (κ2) is 3.93. The number of carbonyl (C=O) groups is 1. The highest BCUT2D eigenvalue weighted by atomic mass is 16.6. The summed E-state index contributed by atoms with van der Waals surface area (Å²) in [5, 5.41) is 10.4. The number of rotatable bonds is 3. The van der Waals surface area contributed by atoms with Gasteiger partial charge in [-0.15, -0.1) is 0 Å². The third-order valence-corrected chi connectivity index (χ3v) is 1.96. The SMILES string of the molecule is O=Cc1ccc(-c2ccc([N+](=O)[O-])nc2)o1. The van der Waals surface area contributed by atoms with E-state index in [0.29, 0.717) is 17.6 Å². The van der Waals surface area contributed by atoms with Gasteiger partial charge >= 0.3 is 5.82 Å². The summed E-state index contributed by atoms with van der Waals surface area (Å²) in [7, 11) is 0. The van der Waals surface area contributed by atoms with Crippen molar-refractivity contribution in [2.45, 2.75) is 0 Å². The van der Waals surface area contributed by atoms with Gasteiger partial charge in [0, 0.05) is 6.07 Å². The summed E-state index contributed by atoms with van der Waals surface area (Å²) in [6, 6.07) is 5.91. The van der Waals surface area contributed by atoms with Gasteiger partial charge in [0.2, 0.25) is 0 Å². The lowest BCUT2D eigenvalue weighted by molar-refractivity contribution is -0.389. The summed E-state index contributed by atoms with van der Waals surface area (Å²) in [5.74, 6) is 0.420. The number of aldehydes is 1. The van der Waals surface area contributed by atoms with Crippen molar-refractivity contribution in [1.82, 2.24) is 4.98 Å². The fourth-order valence-corrected chi connectivity index (χ4v) is 1.21. The fraction of sp³-hybridized carbons (Fsp3) is 0. The molecule has 2 rings (SSSR count). The first-order valence-corrected chi connectivity index (χ1v) is 4.36. The van der Waals surface area contributed by atoms with Crippen LogP contribution in [0, 0.1) is 10.1 Å². The van der Waals surface area contributed by atoms with Crippen LogP contribution in [0.5, 0.6) is 0 Å². The van der Waals surface area contributed by atoms with Gasteiger partial charge < -0.3 is 14.5 Å². The first-order chi connectivity index (χ1) is 7.70. The highest BCUT2D eigenvalue weighted by Crippen LogP contribution is 2.22. The molecule has 0 spiro atoms. The molecule has 0 aliphatic heterocycles. The van der Waals surface area contributed by atoms with Gasteiger partial charge in [0.15, 0.2) is 18.2 Å². The first-order valence-electron chi connectivity index (χ1n) is 4.36. The molecule has 0 N–H and O–H groups in total. The summed E-state index contributed by atoms with van der Waals surface area (Å²) in [5.41, 5.74) is 0.582. The van der Waals surface area contributed by atoms with Crippen LogP contribution in [0.15, 0.2) is 34.9 Å². The van der Waals surface area contributed by atoms with Crippen molar-refractivity contribution in [3.63, 3.8) is 0 Å². The van der Waals surface area contributed by atoms with Crippen LogP contribution in [-0.2, 0) is 0 Å². The molecular formula is C10H6N2O4. The second-order valence-electron chi connectivity index (χ2n) is 2.98. The molecule has 6 nitrogen and oxygen atoms in total. The van der Waals surface area contributed by atoms with E-state index in [9.17, 15) is 14.9 Å². The van der Waals surface area contributed by atoms with E-state index in [1.165, 1.54) is 24.4 Å². The Labute approximate surface area is 89.7 Å². The molecular weight excluding hydrogens is 212 g/mol. The minimum absolute atomic E-state index is 0.202. The summed E-state index contributed by atoms with van der Waals surface area (Å²) < 4.78 is 5.14. The molecule has 0 fully saturated rings. The van der Waals surface area contributed by atoms with Crippen molar-refractivity contribution in [2.75, 3.05) is 0 Å². The van der Waals surface area contributed by atoms with Crippen LogP contribution >= 0.6 is 0 Å². The summed E-state index contributed by atoms with van der Waals surface area (Å²) in [6.45, 7) is 0. The average Bonchev–Trinajstić information content (AvgIpc) is 2.77. The molecule has 0 radical (unpaired) electrons. The summed E-state index contributed by atoms with van der Waals surface area (Å²) >= 11 is 0. The van der Waals surface area contributed by atoms with Gasteiger partial charge in [0.05, 0.1) is 5.56 Å². The quantitative estimate of drug-likeness (QED) is 0.447. The van der Waals surface area contributed by atoms with Crippen LogP contribution in [0.3, 0.4) is 0 Å². The lowest BCUT2D eigenvalue weighted by Gasteiger charge is -1.94. The molecule has 16 heavy (non-hydrogen) atoms. The van der Waals surface area contributed by atoms with Crippen molar-refractivity contribution in [1.29, 1.82) is 0 Å². The lowest BCUT2D eigenvalue weighted by Crippen LogP contribution is -1.90. The minimum Gasteiger partial charge on any atom is -0.453 e. The van der Waals surface area contributed by atoms with Gasteiger partial charge in [0.25, 0.3) is 0 Å². The number of hydrogen-bond acceptors (Lipinski definition) is 5. The zero-order chi connectivity index (χ0) is 11.5. The maximum atomic E-state index is 10.4. The Morgan fingerprint density at radius 1 is 1.31 bits per heavy atom. The number of furan rings is 1. The normalized spacial score (nSPS) is 10.0. The van der Waals surface area contributed by atoms with E-state index >= 15 is 0 Å². The van der Waals surface area contributed by atoms with Gasteiger partial charge in [-0.1, -0.05) is 0 Å². The first kappa shape index (κ1) is 10.0. The molecule has 0 atom stereocenters. The van der Waals surface area contributed by atoms with E-state index in [1.807, 2.05) is 0 Å². The standard InChI is InChI=1S/C10H6N2O4/c13-6-8-2-3-9(16-8)7-1-4-10(11-5-7)12(14)15/h1-6H. The molecule has 0 amide bonds. The third-order valence-electron chi connectivity index (χ3n) is 1.96. The van der Waals surface area contributed by atoms with Gasteiger partial charge in [-0.25, -0.2) is 0 Å². The van der Waals surface area contributed by atoms with E-state index < -0.39 is 4.92 Å². The molecule has 6 heteroatoms. The average molecular weight is 218 g/mol. The molecule has 2 heterocycles. The molecule has 2 aromatic rings. The van der Waals surface area contributed by atoms with E-state index in [-0.39, 0.29) is 11.6 Å². The van der Waals surface area contributed by atoms with Gasteiger partial charge in [-0.2, -0.15) is 0 Å². The smallest absolute Gasteiger partial charge is 0.363 e. The van der Waals surface area contributed by atoms with Crippen LogP contribution in [0.4, 0.5) is 5.82 Å². The second-order valence-corrected chi connectivity index (χ2v) is 2.98. The number of aromatic nitrogens is 1. The van der Waals surface area contributed by atoms with Crippen LogP contribution < -0.4 is 0 Å². The molecule has 0 aliphatic carbocycles. The van der Waals surface area contributed by atoms with E-state index in [2.05, 4.69) is 4.98 Å². The topological polar surface area (TPSA) is 86.2 Å². The molecule has 0 saturated carbocycles.